The van der Waals surface area contributed by atoms with E-state index in [9.17, 15) is 15.3 Å². The van der Waals surface area contributed by atoms with E-state index in [1.54, 1.807) is 6.07 Å². The van der Waals surface area contributed by atoms with Gasteiger partial charge in [-0.25, -0.2) is 0 Å². The predicted octanol–water partition coefficient (Wildman–Crippen LogP) is 6.70. The van der Waals surface area contributed by atoms with Crippen LogP contribution in [0.15, 0.2) is 12.1 Å². The van der Waals surface area contributed by atoms with Crippen molar-refractivity contribution in [2.75, 3.05) is 0 Å². The zero-order chi connectivity index (χ0) is 21.6. The summed E-state index contributed by atoms with van der Waals surface area (Å²) in [6.07, 6.45) is 14.2. The third-order valence-corrected chi connectivity index (χ3v) is 7.63. The van der Waals surface area contributed by atoms with Crippen LogP contribution in [0, 0.1) is 28.1 Å². The topological polar surface area (TPSA) is 73.9 Å². The number of ether oxygens (including phenoxy) is 1. The van der Waals surface area contributed by atoms with Crippen molar-refractivity contribution in [2.45, 2.75) is 103 Å². The quantitative estimate of drug-likeness (QED) is 0.260. The molecule has 3 aliphatic rings. The van der Waals surface area contributed by atoms with E-state index in [2.05, 4.69) is 19.1 Å². The van der Waals surface area contributed by atoms with Crippen LogP contribution >= 0.6 is 0 Å². The van der Waals surface area contributed by atoms with E-state index in [-0.39, 0.29) is 22.7 Å². The van der Waals surface area contributed by atoms with Gasteiger partial charge in [-0.3, -0.25) is 4.79 Å². The molecule has 0 spiro atoms. The maximum absolute atomic E-state index is 12.1. The molecule has 160 valence electrons. The standard InChI is InChI=1S/C26H34N2O2/c1-3-5-7-11-25-12-15-26(16-13-25,17-14-25)22-9-10-23(21(19-28)20(22)18-27)30-24(29)8-6-4-2/h9-10H,3-8,11-17H2,1-2H3. The van der Waals surface area contributed by atoms with Crippen LogP contribution in [0.5, 0.6) is 5.75 Å². The Morgan fingerprint density at radius 1 is 0.933 bits per heavy atom. The van der Waals surface area contributed by atoms with Gasteiger partial charge in [-0.15, -0.1) is 0 Å². The van der Waals surface area contributed by atoms with E-state index in [1.165, 1.54) is 44.9 Å². The molecule has 0 N–H and O–H groups in total. The van der Waals surface area contributed by atoms with Crippen LogP contribution in [0.1, 0.15) is 114 Å². The van der Waals surface area contributed by atoms with Gasteiger partial charge >= 0.3 is 5.97 Å². The summed E-state index contributed by atoms with van der Waals surface area (Å²) < 4.78 is 5.46. The Balaban J connectivity index is 1.83. The summed E-state index contributed by atoms with van der Waals surface area (Å²) in [5.74, 6) is -0.105. The SMILES string of the molecule is CCCCCC12CCC(c3ccc(OC(=O)CCCC)c(C#N)c3C#N)(CC1)CC2. The second-order valence-electron chi connectivity index (χ2n) is 9.40. The van der Waals surface area contributed by atoms with Crippen molar-refractivity contribution >= 4 is 5.97 Å². The Bertz CT molecular complexity index is 834. The molecule has 0 radical (unpaired) electrons. The van der Waals surface area contributed by atoms with Crippen LogP contribution in [0.3, 0.4) is 0 Å². The lowest BCUT2D eigenvalue weighted by Gasteiger charge is -2.54. The molecule has 3 aliphatic carbocycles. The summed E-state index contributed by atoms with van der Waals surface area (Å²) in [6.45, 7) is 4.27. The summed E-state index contributed by atoms with van der Waals surface area (Å²) in [4.78, 5) is 12.1. The predicted molar refractivity (Wildman–Crippen MR) is 117 cm³/mol. The molecule has 3 fully saturated rings. The first kappa shape index (κ1) is 22.4. The zero-order valence-electron chi connectivity index (χ0n) is 18.6. The van der Waals surface area contributed by atoms with Gasteiger partial charge in [0, 0.05) is 6.42 Å². The van der Waals surface area contributed by atoms with E-state index in [4.69, 9.17) is 4.74 Å². The van der Waals surface area contributed by atoms with Crippen molar-refractivity contribution in [3.8, 4) is 17.9 Å². The molecule has 4 nitrogen and oxygen atoms in total. The van der Waals surface area contributed by atoms with Gasteiger partial charge in [0.05, 0.1) is 5.56 Å². The first-order chi connectivity index (χ1) is 14.5. The summed E-state index contributed by atoms with van der Waals surface area (Å²) in [6, 6.07) is 8.13. The average molecular weight is 407 g/mol. The van der Waals surface area contributed by atoms with Crippen molar-refractivity contribution in [2.24, 2.45) is 5.41 Å². The van der Waals surface area contributed by atoms with Gasteiger partial charge < -0.3 is 4.74 Å². The Morgan fingerprint density at radius 2 is 1.57 bits per heavy atom. The number of benzene rings is 1. The Kier molecular flexibility index (Phi) is 7.19. The molecule has 0 unspecified atom stereocenters. The minimum absolute atomic E-state index is 0.00603. The second kappa shape index (κ2) is 9.65. The number of carbonyl (C=O) groups is 1. The van der Waals surface area contributed by atoms with Crippen LogP contribution in [0.25, 0.3) is 0 Å². The smallest absolute Gasteiger partial charge is 0.311 e. The monoisotopic (exact) mass is 406 g/mol. The molecule has 0 amide bonds. The van der Waals surface area contributed by atoms with Crippen molar-refractivity contribution in [1.82, 2.24) is 0 Å². The van der Waals surface area contributed by atoms with E-state index >= 15 is 0 Å². The molecular formula is C26H34N2O2. The first-order valence-electron chi connectivity index (χ1n) is 11.7. The van der Waals surface area contributed by atoms with Crippen molar-refractivity contribution in [1.29, 1.82) is 10.5 Å². The third-order valence-electron chi connectivity index (χ3n) is 7.63. The van der Waals surface area contributed by atoms with Gasteiger partial charge in [0.25, 0.3) is 0 Å². The number of unbranched alkanes of at least 4 members (excludes halogenated alkanes) is 3. The van der Waals surface area contributed by atoms with Gasteiger partial charge in [-0.05, 0) is 73.8 Å². The summed E-state index contributed by atoms with van der Waals surface area (Å²) in [7, 11) is 0. The van der Waals surface area contributed by atoms with Crippen LogP contribution in [-0.4, -0.2) is 5.97 Å². The molecular weight excluding hydrogens is 372 g/mol. The van der Waals surface area contributed by atoms with Crippen molar-refractivity contribution in [3.05, 3.63) is 28.8 Å². The lowest BCUT2D eigenvalue weighted by molar-refractivity contribution is -0.134. The van der Waals surface area contributed by atoms with Gasteiger partial charge in [0.15, 0.2) is 0 Å². The fraction of sp³-hybridized carbons (Fsp3) is 0.654. The number of fused-ring (bicyclic) bond motifs is 3. The van der Waals surface area contributed by atoms with E-state index in [0.29, 0.717) is 17.4 Å². The van der Waals surface area contributed by atoms with Gasteiger partial charge in [-0.1, -0.05) is 45.6 Å². The molecule has 0 aliphatic heterocycles. The summed E-state index contributed by atoms with van der Waals surface area (Å²) in [5.41, 5.74) is 2.12. The lowest BCUT2D eigenvalue weighted by atomic mass is 9.50. The number of hydrogen-bond donors (Lipinski definition) is 0. The van der Waals surface area contributed by atoms with Gasteiger partial charge in [0.1, 0.15) is 23.5 Å². The fourth-order valence-electron chi connectivity index (χ4n) is 5.62. The highest BCUT2D eigenvalue weighted by Crippen LogP contribution is 2.60. The van der Waals surface area contributed by atoms with Gasteiger partial charge in [0.2, 0.25) is 0 Å². The highest BCUT2D eigenvalue weighted by Gasteiger charge is 2.49. The van der Waals surface area contributed by atoms with Crippen LogP contribution in [0.4, 0.5) is 0 Å². The number of nitriles is 2. The highest BCUT2D eigenvalue weighted by molar-refractivity contribution is 5.74. The van der Waals surface area contributed by atoms with E-state index < -0.39 is 0 Å². The molecule has 1 aromatic rings. The molecule has 4 rings (SSSR count). The summed E-state index contributed by atoms with van der Waals surface area (Å²) in [5, 5.41) is 19.7. The van der Waals surface area contributed by atoms with Crippen LogP contribution < -0.4 is 4.74 Å². The van der Waals surface area contributed by atoms with E-state index in [0.717, 1.165) is 37.7 Å². The molecule has 0 atom stereocenters. The molecule has 3 saturated carbocycles. The molecule has 0 heterocycles. The summed E-state index contributed by atoms with van der Waals surface area (Å²) >= 11 is 0. The largest absolute Gasteiger partial charge is 0.425 e. The number of esters is 1. The maximum atomic E-state index is 12.1. The van der Waals surface area contributed by atoms with Crippen molar-refractivity contribution < 1.29 is 9.53 Å². The van der Waals surface area contributed by atoms with Crippen LogP contribution in [-0.2, 0) is 10.2 Å². The Labute approximate surface area is 181 Å². The average Bonchev–Trinajstić information content (AvgIpc) is 2.78. The Morgan fingerprint density at radius 3 is 2.13 bits per heavy atom. The first-order valence-corrected chi connectivity index (χ1v) is 11.7. The molecule has 30 heavy (non-hydrogen) atoms. The molecule has 1 aromatic carbocycles. The highest BCUT2D eigenvalue weighted by atomic mass is 16.5. The van der Waals surface area contributed by atoms with Gasteiger partial charge in [-0.2, -0.15) is 10.5 Å². The maximum Gasteiger partial charge on any atom is 0.311 e. The third kappa shape index (κ3) is 4.39. The Hall–Kier alpha value is -2.33. The molecule has 2 bridgehead atoms. The number of carbonyl (C=O) groups excluding carboxylic acids is 1. The lowest BCUT2D eigenvalue weighted by Crippen LogP contribution is -2.44. The van der Waals surface area contributed by atoms with Crippen LogP contribution in [0.2, 0.25) is 0 Å². The minimum atomic E-state index is -0.338. The fourth-order valence-corrected chi connectivity index (χ4v) is 5.62. The number of rotatable bonds is 9. The number of hydrogen-bond acceptors (Lipinski definition) is 4. The second-order valence-corrected chi connectivity index (χ2v) is 9.40. The molecule has 0 aromatic heterocycles. The van der Waals surface area contributed by atoms with Crippen molar-refractivity contribution in [3.63, 3.8) is 0 Å². The van der Waals surface area contributed by atoms with E-state index in [1.807, 2.05) is 13.0 Å². The minimum Gasteiger partial charge on any atom is -0.425 e. The normalized spacial score (nSPS) is 24.8. The number of nitrogens with zero attached hydrogens (tertiary/aromatic N) is 2. The zero-order valence-corrected chi connectivity index (χ0v) is 18.6. The molecule has 4 heteroatoms. The molecule has 0 saturated heterocycles.